The summed E-state index contributed by atoms with van der Waals surface area (Å²) in [4.78, 5) is 0. The van der Waals surface area contributed by atoms with Crippen molar-refractivity contribution in [2.24, 2.45) is 5.73 Å². The molecule has 3 N–H and O–H groups in total. The van der Waals surface area contributed by atoms with Crippen molar-refractivity contribution in [1.29, 1.82) is 0 Å². The maximum atomic E-state index is 9.63. The second kappa shape index (κ2) is 4.62. The van der Waals surface area contributed by atoms with Crippen LogP contribution in [0.3, 0.4) is 0 Å². The molecule has 0 aliphatic carbocycles. The summed E-state index contributed by atoms with van der Waals surface area (Å²) in [6.07, 6.45) is 0.690. The zero-order valence-corrected chi connectivity index (χ0v) is 9.71. The minimum absolute atomic E-state index is 0.180. The van der Waals surface area contributed by atoms with Crippen molar-refractivity contribution in [1.82, 2.24) is 0 Å². The molecule has 0 spiro atoms. The van der Waals surface area contributed by atoms with Crippen molar-refractivity contribution in [2.75, 3.05) is 0 Å². The van der Waals surface area contributed by atoms with Crippen LogP contribution >= 0.6 is 15.9 Å². The zero-order chi connectivity index (χ0) is 10.7. The Balaban J connectivity index is 2.90. The van der Waals surface area contributed by atoms with Crippen LogP contribution in [0.5, 0.6) is 5.75 Å². The van der Waals surface area contributed by atoms with E-state index in [9.17, 15) is 5.11 Å². The van der Waals surface area contributed by atoms with Crippen LogP contribution < -0.4 is 5.73 Å². The van der Waals surface area contributed by atoms with E-state index in [2.05, 4.69) is 22.5 Å². The Kier molecular flexibility index (Phi) is 3.72. The summed E-state index contributed by atoms with van der Waals surface area (Å²) in [5.74, 6) is 0.230. The smallest absolute Gasteiger partial charge is 0.121 e. The van der Waals surface area contributed by atoms with E-state index in [-0.39, 0.29) is 11.8 Å². The molecule has 14 heavy (non-hydrogen) atoms. The molecule has 0 unspecified atom stereocenters. The molecule has 0 aromatic heterocycles. The highest BCUT2D eigenvalue weighted by Crippen LogP contribution is 2.29. The van der Waals surface area contributed by atoms with Gasteiger partial charge < -0.3 is 10.8 Å². The molecule has 0 radical (unpaired) electrons. The molecule has 1 atom stereocenters. The van der Waals surface area contributed by atoms with Crippen LogP contribution in [0.25, 0.3) is 0 Å². The molecule has 0 aliphatic heterocycles. The number of phenols is 1. The van der Waals surface area contributed by atoms with Gasteiger partial charge >= 0.3 is 0 Å². The molecule has 1 rings (SSSR count). The van der Waals surface area contributed by atoms with Crippen molar-refractivity contribution in [3.8, 4) is 5.75 Å². The summed E-state index contributed by atoms with van der Waals surface area (Å²) in [7, 11) is 0. The number of hydrogen-bond acceptors (Lipinski definition) is 2. The Morgan fingerprint density at radius 2 is 2.29 bits per heavy atom. The molecular formula is C11H14BrNO. The lowest BCUT2D eigenvalue weighted by molar-refractivity contribution is 0.460. The molecular weight excluding hydrogens is 242 g/mol. The Morgan fingerprint density at radius 1 is 1.64 bits per heavy atom. The molecule has 0 saturated heterocycles. The summed E-state index contributed by atoms with van der Waals surface area (Å²) in [5.41, 5.74) is 7.68. The Hall–Kier alpha value is -0.800. The number of nitrogens with two attached hydrogens (primary N) is 1. The van der Waals surface area contributed by atoms with Gasteiger partial charge in [0, 0.05) is 16.1 Å². The van der Waals surface area contributed by atoms with Gasteiger partial charge in [0.05, 0.1) is 0 Å². The maximum Gasteiger partial charge on any atom is 0.121 e. The lowest BCUT2D eigenvalue weighted by Gasteiger charge is -2.13. The highest BCUT2D eigenvalue weighted by Gasteiger charge is 2.10. The van der Waals surface area contributed by atoms with Crippen LogP contribution in [0.2, 0.25) is 0 Å². The van der Waals surface area contributed by atoms with E-state index in [0.29, 0.717) is 6.42 Å². The number of benzene rings is 1. The van der Waals surface area contributed by atoms with Crippen LogP contribution in [-0.2, 0) is 0 Å². The van der Waals surface area contributed by atoms with Crippen LogP contribution in [0.15, 0.2) is 34.8 Å². The highest BCUT2D eigenvalue weighted by atomic mass is 79.9. The molecule has 1 aromatic rings. The fraction of sp³-hybridized carbons (Fsp3) is 0.273. The summed E-state index contributed by atoms with van der Waals surface area (Å²) in [6, 6.07) is 5.16. The third kappa shape index (κ3) is 2.86. The van der Waals surface area contributed by atoms with Gasteiger partial charge in [-0.1, -0.05) is 27.6 Å². The van der Waals surface area contributed by atoms with Gasteiger partial charge in [-0.2, -0.15) is 0 Å². The summed E-state index contributed by atoms with van der Waals surface area (Å²) < 4.78 is 0.848. The quantitative estimate of drug-likeness (QED) is 0.816. The molecule has 1 aromatic carbocycles. The van der Waals surface area contributed by atoms with Gasteiger partial charge in [-0.25, -0.2) is 0 Å². The SMILES string of the molecule is C=C(C)C[C@@H](N)c1ccc(Br)cc1O. The monoisotopic (exact) mass is 255 g/mol. The van der Waals surface area contributed by atoms with Crippen molar-refractivity contribution in [3.05, 3.63) is 40.4 Å². The molecule has 0 saturated carbocycles. The minimum atomic E-state index is -0.180. The maximum absolute atomic E-state index is 9.63. The van der Waals surface area contributed by atoms with Gasteiger partial charge in [0.15, 0.2) is 0 Å². The molecule has 0 heterocycles. The Bertz CT molecular complexity index is 349. The topological polar surface area (TPSA) is 46.2 Å². The minimum Gasteiger partial charge on any atom is -0.508 e. The average Bonchev–Trinajstić information content (AvgIpc) is 2.01. The Labute approximate surface area is 92.6 Å². The van der Waals surface area contributed by atoms with Crippen molar-refractivity contribution < 1.29 is 5.11 Å². The van der Waals surface area contributed by atoms with E-state index < -0.39 is 0 Å². The normalized spacial score (nSPS) is 12.5. The summed E-state index contributed by atoms with van der Waals surface area (Å²) >= 11 is 3.28. The number of aromatic hydroxyl groups is 1. The van der Waals surface area contributed by atoms with E-state index in [0.717, 1.165) is 15.6 Å². The van der Waals surface area contributed by atoms with E-state index in [4.69, 9.17) is 5.73 Å². The van der Waals surface area contributed by atoms with Gasteiger partial charge in [0.2, 0.25) is 0 Å². The summed E-state index contributed by atoms with van der Waals surface area (Å²) in [5, 5.41) is 9.63. The van der Waals surface area contributed by atoms with Crippen LogP contribution in [0.1, 0.15) is 24.9 Å². The van der Waals surface area contributed by atoms with Gasteiger partial charge in [-0.05, 0) is 25.5 Å². The molecule has 2 nitrogen and oxygen atoms in total. The van der Waals surface area contributed by atoms with Crippen LogP contribution in [0.4, 0.5) is 0 Å². The predicted octanol–water partition coefficient (Wildman–Crippen LogP) is 3.12. The molecule has 0 amide bonds. The summed E-state index contributed by atoms with van der Waals surface area (Å²) in [6.45, 7) is 5.72. The average molecular weight is 256 g/mol. The zero-order valence-electron chi connectivity index (χ0n) is 8.13. The fourth-order valence-corrected chi connectivity index (χ4v) is 1.66. The first kappa shape index (κ1) is 11.3. The second-order valence-electron chi connectivity index (χ2n) is 3.47. The largest absolute Gasteiger partial charge is 0.508 e. The highest BCUT2D eigenvalue weighted by molar-refractivity contribution is 9.10. The molecule has 3 heteroatoms. The number of hydrogen-bond donors (Lipinski definition) is 2. The lowest BCUT2D eigenvalue weighted by atomic mass is 10.0. The van der Waals surface area contributed by atoms with E-state index >= 15 is 0 Å². The van der Waals surface area contributed by atoms with Crippen molar-refractivity contribution in [3.63, 3.8) is 0 Å². The molecule has 0 bridgehead atoms. The van der Waals surface area contributed by atoms with Crippen LogP contribution in [0, 0.1) is 0 Å². The molecule has 0 aliphatic rings. The first-order chi connectivity index (χ1) is 6.50. The van der Waals surface area contributed by atoms with Gasteiger partial charge in [0.25, 0.3) is 0 Å². The van der Waals surface area contributed by atoms with Gasteiger partial charge in [-0.15, -0.1) is 6.58 Å². The number of rotatable bonds is 3. The molecule has 0 fully saturated rings. The number of phenolic OH excluding ortho intramolecular Hbond substituents is 1. The lowest BCUT2D eigenvalue weighted by Crippen LogP contribution is -2.10. The van der Waals surface area contributed by atoms with Gasteiger partial charge in [-0.3, -0.25) is 0 Å². The first-order valence-corrected chi connectivity index (χ1v) is 5.18. The Morgan fingerprint density at radius 3 is 2.79 bits per heavy atom. The fourth-order valence-electron chi connectivity index (χ4n) is 1.32. The third-order valence-electron chi connectivity index (χ3n) is 1.96. The number of halogens is 1. The van der Waals surface area contributed by atoms with Gasteiger partial charge in [0.1, 0.15) is 5.75 Å². The van der Waals surface area contributed by atoms with E-state index in [1.165, 1.54) is 0 Å². The second-order valence-corrected chi connectivity index (χ2v) is 4.39. The standard InChI is InChI=1S/C11H14BrNO/c1-7(2)5-10(13)9-4-3-8(12)6-11(9)14/h3-4,6,10,14H,1,5,13H2,2H3/t10-/m1/s1. The van der Waals surface area contributed by atoms with E-state index in [1.807, 2.05) is 19.1 Å². The third-order valence-corrected chi connectivity index (χ3v) is 2.45. The van der Waals surface area contributed by atoms with Crippen molar-refractivity contribution in [2.45, 2.75) is 19.4 Å². The predicted molar refractivity (Wildman–Crippen MR) is 62.2 cm³/mol. The van der Waals surface area contributed by atoms with E-state index in [1.54, 1.807) is 6.07 Å². The van der Waals surface area contributed by atoms with Crippen LogP contribution in [-0.4, -0.2) is 5.11 Å². The first-order valence-electron chi connectivity index (χ1n) is 4.39. The molecule has 76 valence electrons. The van der Waals surface area contributed by atoms with Crippen molar-refractivity contribution >= 4 is 15.9 Å².